The van der Waals surface area contributed by atoms with Crippen LogP contribution >= 0.6 is 22.9 Å². The van der Waals surface area contributed by atoms with Crippen molar-refractivity contribution in [1.29, 1.82) is 0 Å². The molecule has 2 aromatic heterocycles. The topological polar surface area (TPSA) is 64.1 Å². The number of carbonyl (C=O) groups is 1. The molecular formula is C17H16ClN3O2S. The Hall–Kier alpha value is -2.18. The van der Waals surface area contributed by atoms with Gasteiger partial charge < -0.3 is 10.1 Å². The number of fused-ring (bicyclic) bond motifs is 1. The Morgan fingerprint density at radius 3 is 2.83 bits per heavy atom. The van der Waals surface area contributed by atoms with Crippen molar-refractivity contribution < 1.29 is 9.53 Å². The summed E-state index contributed by atoms with van der Waals surface area (Å²) in [5.41, 5.74) is 2.73. The number of anilines is 2. The molecule has 0 saturated heterocycles. The van der Waals surface area contributed by atoms with Crippen LogP contribution in [-0.4, -0.2) is 22.5 Å². The molecule has 0 radical (unpaired) electrons. The number of aromatic nitrogens is 2. The molecule has 3 rings (SSSR count). The molecule has 0 bridgehead atoms. The fraction of sp³-hybridized carbons (Fsp3) is 0.235. The van der Waals surface area contributed by atoms with Gasteiger partial charge in [-0.1, -0.05) is 11.6 Å². The second-order valence-electron chi connectivity index (χ2n) is 5.26. The van der Waals surface area contributed by atoms with E-state index in [-0.39, 0.29) is 5.97 Å². The number of esters is 1. The Labute approximate surface area is 148 Å². The van der Waals surface area contributed by atoms with Gasteiger partial charge in [0.2, 0.25) is 0 Å². The lowest BCUT2D eigenvalue weighted by Crippen LogP contribution is -2.03. The van der Waals surface area contributed by atoms with E-state index in [9.17, 15) is 4.79 Å². The summed E-state index contributed by atoms with van der Waals surface area (Å²) in [6.07, 6.45) is 1.49. The Morgan fingerprint density at radius 1 is 1.33 bits per heavy atom. The number of rotatable bonds is 4. The summed E-state index contributed by atoms with van der Waals surface area (Å²) in [6, 6.07) is 5.60. The predicted octanol–water partition coefficient (Wildman–Crippen LogP) is 4.88. The van der Waals surface area contributed by atoms with E-state index in [1.807, 2.05) is 32.0 Å². The molecule has 7 heteroatoms. The van der Waals surface area contributed by atoms with Crippen LogP contribution in [0.5, 0.6) is 0 Å². The summed E-state index contributed by atoms with van der Waals surface area (Å²) in [5.74, 6) is 0.335. The molecule has 0 aliphatic heterocycles. The molecule has 124 valence electrons. The first kappa shape index (κ1) is 16.7. The van der Waals surface area contributed by atoms with Crippen LogP contribution in [0.15, 0.2) is 24.5 Å². The first-order chi connectivity index (χ1) is 11.5. The first-order valence-electron chi connectivity index (χ1n) is 7.45. The molecule has 0 aliphatic carbocycles. The molecule has 0 unspecified atom stereocenters. The first-order valence-corrected chi connectivity index (χ1v) is 8.65. The van der Waals surface area contributed by atoms with Crippen LogP contribution in [0.25, 0.3) is 10.2 Å². The lowest BCUT2D eigenvalue weighted by molar-refractivity contribution is 0.0531. The van der Waals surface area contributed by atoms with Gasteiger partial charge in [0, 0.05) is 10.7 Å². The molecule has 1 N–H and O–H groups in total. The van der Waals surface area contributed by atoms with E-state index < -0.39 is 0 Å². The van der Waals surface area contributed by atoms with Gasteiger partial charge in [0.15, 0.2) is 0 Å². The van der Waals surface area contributed by atoms with E-state index in [1.165, 1.54) is 17.7 Å². The molecule has 2 heterocycles. The largest absolute Gasteiger partial charge is 0.462 e. The number of benzene rings is 1. The SMILES string of the molecule is CCOC(=O)c1sc2ncnc(Nc3ccc(Cl)cc3C)c2c1C. The number of hydrogen-bond donors (Lipinski definition) is 1. The van der Waals surface area contributed by atoms with Crippen molar-refractivity contribution in [3.05, 3.63) is 45.6 Å². The van der Waals surface area contributed by atoms with Gasteiger partial charge in [0.1, 0.15) is 21.9 Å². The number of aryl methyl sites for hydroxylation is 2. The van der Waals surface area contributed by atoms with Crippen molar-refractivity contribution in [2.45, 2.75) is 20.8 Å². The van der Waals surface area contributed by atoms with Crippen LogP contribution in [0.3, 0.4) is 0 Å². The Kier molecular flexibility index (Phi) is 4.69. The van der Waals surface area contributed by atoms with E-state index in [1.54, 1.807) is 6.92 Å². The average Bonchev–Trinajstić information content (AvgIpc) is 2.88. The molecule has 1 aromatic carbocycles. The number of halogens is 1. The number of nitrogens with one attached hydrogen (secondary N) is 1. The molecule has 0 fully saturated rings. The summed E-state index contributed by atoms with van der Waals surface area (Å²) in [6.45, 7) is 5.98. The van der Waals surface area contributed by atoms with Gasteiger partial charge in [-0.25, -0.2) is 14.8 Å². The smallest absolute Gasteiger partial charge is 0.348 e. The van der Waals surface area contributed by atoms with E-state index in [2.05, 4.69) is 15.3 Å². The number of ether oxygens (including phenoxy) is 1. The molecule has 0 aliphatic rings. The zero-order valence-corrected chi connectivity index (χ0v) is 15.1. The van der Waals surface area contributed by atoms with Crippen LogP contribution in [-0.2, 0) is 4.74 Å². The van der Waals surface area contributed by atoms with Crippen LogP contribution < -0.4 is 5.32 Å². The maximum Gasteiger partial charge on any atom is 0.348 e. The monoisotopic (exact) mass is 361 g/mol. The number of nitrogens with zero attached hydrogens (tertiary/aromatic N) is 2. The van der Waals surface area contributed by atoms with Crippen molar-refractivity contribution in [2.75, 3.05) is 11.9 Å². The third-order valence-electron chi connectivity index (χ3n) is 3.63. The average molecular weight is 362 g/mol. The van der Waals surface area contributed by atoms with Gasteiger partial charge in [-0.2, -0.15) is 0 Å². The Morgan fingerprint density at radius 2 is 2.12 bits per heavy atom. The highest BCUT2D eigenvalue weighted by molar-refractivity contribution is 7.20. The summed E-state index contributed by atoms with van der Waals surface area (Å²) in [7, 11) is 0. The quantitative estimate of drug-likeness (QED) is 0.671. The van der Waals surface area contributed by atoms with Crippen molar-refractivity contribution in [1.82, 2.24) is 9.97 Å². The summed E-state index contributed by atoms with van der Waals surface area (Å²) in [5, 5.41) is 4.83. The van der Waals surface area contributed by atoms with Crippen molar-refractivity contribution in [3.63, 3.8) is 0 Å². The minimum absolute atomic E-state index is 0.327. The molecule has 5 nitrogen and oxygen atoms in total. The number of thiophene rings is 1. The maximum atomic E-state index is 12.1. The fourth-order valence-corrected chi connectivity index (χ4v) is 3.72. The number of hydrogen-bond acceptors (Lipinski definition) is 6. The molecular weight excluding hydrogens is 346 g/mol. The second-order valence-corrected chi connectivity index (χ2v) is 6.70. The van der Waals surface area contributed by atoms with Crippen LogP contribution in [0.1, 0.15) is 27.7 Å². The zero-order chi connectivity index (χ0) is 17.3. The number of carbonyl (C=O) groups excluding carboxylic acids is 1. The molecule has 0 amide bonds. The van der Waals surface area contributed by atoms with Gasteiger partial charge in [-0.15, -0.1) is 11.3 Å². The van der Waals surface area contributed by atoms with E-state index >= 15 is 0 Å². The van der Waals surface area contributed by atoms with Crippen LogP contribution in [0, 0.1) is 13.8 Å². The van der Waals surface area contributed by atoms with Crippen LogP contribution in [0.4, 0.5) is 11.5 Å². The normalized spacial score (nSPS) is 10.8. The molecule has 0 saturated carbocycles. The Bertz CT molecular complexity index is 924. The van der Waals surface area contributed by atoms with Crippen molar-refractivity contribution in [2.24, 2.45) is 0 Å². The highest BCUT2D eigenvalue weighted by Gasteiger charge is 2.20. The molecule has 3 aromatic rings. The van der Waals surface area contributed by atoms with Gasteiger partial charge in [-0.05, 0) is 50.1 Å². The van der Waals surface area contributed by atoms with Gasteiger partial charge in [-0.3, -0.25) is 0 Å². The highest BCUT2D eigenvalue weighted by Crippen LogP contribution is 2.35. The lowest BCUT2D eigenvalue weighted by atomic mass is 10.1. The maximum absolute atomic E-state index is 12.1. The standard InChI is InChI=1S/C17H16ClN3O2S/c1-4-23-17(22)14-10(3)13-15(19-8-20-16(13)24-14)21-12-6-5-11(18)7-9(12)2/h5-8H,4H2,1-3H3,(H,19,20,21). The van der Waals surface area contributed by atoms with E-state index in [4.69, 9.17) is 16.3 Å². The third kappa shape index (κ3) is 3.07. The van der Waals surface area contributed by atoms with E-state index in [0.29, 0.717) is 22.3 Å². The summed E-state index contributed by atoms with van der Waals surface area (Å²) >= 11 is 7.32. The van der Waals surface area contributed by atoms with Crippen LogP contribution in [0.2, 0.25) is 5.02 Å². The predicted molar refractivity (Wildman–Crippen MR) is 97.6 cm³/mol. The lowest BCUT2D eigenvalue weighted by Gasteiger charge is -2.10. The van der Waals surface area contributed by atoms with E-state index in [0.717, 1.165) is 27.0 Å². The van der Waals surface area contributed by atoms with Gasteiger partial charge in [0.05, 0.1) is 12.0 Å². The molecule has 0 atom stereocenters. The van der Waals surface area contributed by atoms with Crippen molar-refractivity contribution >= 4 is 50.6 Å². The van der Waals surface area contributed by atoms with Gasteiger partial charge >= 0.3 is 5.97 Å². The Balaban J connectivity index is 2.07. The third-order valence-corrected chi connectivity index (χ3v) is 5.04. The molecule has 0 spiro atoms. The van der Waals surface area contributed by atoms with Crippen molar-refractivity contribution in [3.8, 4) is 0 Å². The summed E-state index contributed by atoms with van der Waals surface area (Å²) < 4.78 is 5.12. The minimum Gasteiger partial charge on any atom is -0.462 e. The fourth-order valence-electron chi connectivity index (χ4n) is 2.45. The minimum atomic E-state index is -0.327. The highest BCUT2D eigenvalue weighted by atomic mass is 35.5. The zero-order valence-electron chi connectivity index (χ0n) is 13.5. The summed E-state index contributed by atoms with van der Waals surface area (Å²) in [4.78, 5) is 22.0. The van der Waals surface area contributed by atoms with Gasteiger partial charge in [0.25, 0.3) is 0 Å². The molecule has 24 heavy (non-hydrogen) atoms. The second kappa shape index (κ2) is 6.75.